The standard InChI is InChI=1S/C10H19BO/c1-7(2)10(8(3)4)5-9(12)11-6-10/h7-8,11H,5-6H2,1-4H3. The highest BCUT2D eigenvalue weighted by Gasteiger charge is 2.43. The summed E-state index contributed by atoms with van der Waals surface area (Å²) in [5.41, 5.74) is 0.786. The first-order valence-corrected chi connectivity index (χ1v) is 5.01. The first kappa shape index (κ1) is 9.82. The molecule has 12 heavy (non-hydrogen) atoms. The predicted octanol–water partition coefficient (Wildman–Crippen LogP) is 2.07. The van der Waals surface area contributed by atoms with Crippen molar-refractivity contribution in [1.82, 2.24) is 0 Å². The van der Waals surface area contributed by atoms with Crippen molar-refractivity contribution in [2.45, 2.75) is 40.4 Å². The van der Waals surface area contributed by atoms with Gasteiger partial charge in [0.05, 0.1) is 5.68 Å². The van der Waals surface area contributed by atoms with Crippen LogP contribution in [0.3, 0.4) is 0 Å². The highest BCUT2D eigenvalue weighted by Crippen LogP contribution is 2.46. The van der Waals surface area contributed by atoms with Crippen molar-refractivity contribution in [3.8, 4) is 0 Å². The molecule has 0 aromatic carbocycles. The highest BCUT2D eigenvalue weighted by atomic mass is 16.1. The van der Waals surface area contributed by atoms with Crippen LogP contribution in [0.1, 0.15) is 34.1 Å². The Labute approximate surface area is 76.2 Å². The van der Waals surface area contributed by atoms with Crippen LogP contribution < -0.4 is 0 Å². The van der Waals surface area contributed by atoms with Crippen molar-refractivity contribution >= 4 is 13.0 Å². The van der Waals surface area contributed by atoms with Gasteiger partial charge in [0.25, 0.3) is 0 Å². The Morgan fingerprint density at radius 2 is 1.75 bits per heavy atom. The molecule has 68 valence electrons. The van der Waals surface area contributed by atoms with Gasteiger partial charge in [0, 0.05) is 6.42 Å². The van der Waals surface area contributed by atoms with Crippen LogP contribution in [0, 0.1) is 17.3 Å². The van der Waals surface area contributed by atoms with E-state index in [4.69, 9.17) is 0 Å². The molecule has 0 amide bonds. The van der Waals surface area contributed by atoms with Gasteiger partial charge in [-0.25, -0.2) is 0 Å². The Morgan fingerprint density at radius 1 is 1.25 bits per heavy atom. The van der Waals surface area contributed by atoms with Crippen LogP contribution in [0.2, 0.25) is 6.32 Å². The molecule has 0 bridgehead atoms. The molecular weight excluding hydrogens is 147 g/mol. The molecular formula is C10H19BO. The smallest absolute Gasteiger partial charge is 0.205 e. The number of hydrogen-bond acceptors (Lipinski definition) is 1. The van der Waals surface area contributed by atoms with Crippen LogP contribution in [-0.2, 0) is 4.79 Å². The minimum Gasteiger partial charge on any atom is -0.312 e. The van der Waals surface area contributed by atoms with Crippen molar-refractivity contribution in [3.63, 3.8) is 0 Å². The SMILES string of the molecule is CC(C)C1(C(C)C)CBC(=O)C1. The van der Waals surface area contributed by atoms with Crippen molar-refractivity contribution in [3.05, 3.63) is 0 Å². The van der Waals surface area contributed by atoms with Gasteiger partial charge in [-0.15, -0.1) is 0 Å². The minimum atomic E-state index is 0.317. The third-order valence-electron chi connectivity index (χ3n) is 3.70. The summed E-state index contributed by atoms with van der Waals surface area (Å²) in [7, 11) is 0.816. The fourth-order valence-corrected chi connectivity index (χ4v) is 2.57. The molecule has 0 saturated carbocycles. The average molecular weight is 166 g/mol. The number of carbonyl (C=O) groups excluding carboxylic acids is 1. The maximum Gasteiger partial charge on any atom is 0.205 e. The zero-order chi connectivity index (χ0) is 9.35. The Morgan fingerprint density at radius 3 is 1.92 bits per heavy atom. The van der Waals surface area contributed by atoms with Crippen molar-refractivity contribution in [2.24, 2.45) is 17.3 Å². The minimum absolute atomic E-state index is 0.317. The largest absolute Gasteiger partial charge is 0.312 e. The molecule has 0 aromatic heterocycles. The van der Waals surface area contributed by atoms with Crippen LogP contribution in [-0.4, -0.2) is 13.0 Å². The lowest BCUT2D eigenvalue weighted by molar-refractivity contribution is -0.113. The maximum atomic E-state index is 11.3. The van der Waals surface area contributed by atoms with Crippen LogP contribution in [0.5, 0.6) is 0 Å². The number of hydrogen-bond donors (Lipinski definition) is 0. The van der Waals surface area contributed by atoms with E-state index in [0.29, 0.717) is 22.9 Å². The molecule has 0 unspecified atom stereocenters. The van der Waals surface area contributed by atoms with Crippen LogP contribution in [0.4, 0.5) is 0 Å². The molecule has 0 spiro atoms. The van der Waals surface area contributed by atoms with Gasteiger partial charge in [0.15, 0.2) is 0 Å². The Kier molecular flexibility index (Phi) is 2.65. The lowest BCUT2D eigenvalue weighted by Crippen LogP contribution is -2.30. The van der Waals surface area contributed by atoms with E-state index in [9.17, 15) is 4.79 Å². The van der Waals surface area contributed by atoms with E-state index < -0.39 is 0 Å². The van der Waals surface area contributed by atoms with Crippen LogP contribution in [0.15, 0.2) is 0 Å². The maximum absolute atomic E-state index is 11.3. The van der Waals surface area contributed by atoms with Gasteiger partial charge in [0.2, 0.25) is 7.28 Å². The molecule has 1 nitrogen and oxygen atoms in total. The van der Waals surface area contributed by atoms with E-state index in [1.54, 1.807) is 0 Å². The lowest BCUT2D eigenvalue weighted by Gasteiger charge is -2.37. The summed E-state index contributed by atoms with van der Waals surface area (Å²) in [5, 5.41) is 0. The van der Waals surface area contributed by atoms with Gasteiger partial charge < -0.3 is 4.79 Å². The molecule has 0 atom stereocenters. The molecule has 1 aliphatic heterocycles. The van der Waals surface area contributed by atoms with Crippen LogP contribution >= 0.6 is 0 Å². The Bertz CT molecular complexity index is 176. The van der Waals surface area contributed by atoms with Crippen LogP contribution in [0.25, 0.3) is 0 Å². The lowest BCUT2D eigenvalue weighted by atomic mass is 9.63. The van der Waals surface area contributed by atoms with Gasteiger partial charge in [-0.1, -0.05) is 34.0 Å². The Hall–Kier alpha value is -0.265. The first-order valence-electron chi connectivity index (χ1n) is 5.01. The molecule has 0 N–H and O–H groups in total. The third kappa shape index (κ3) is 1.44. The van der Waals surface area contributed by atoms with E-state index in [0.717, 1.165) is 20.0 Å². The zero-order valence-electron chi connectivity index (χ0n) is 8.68. The number of rotatable bonds is 2. The van der Waals surface area contributed by atoms with Gasteiger partial charge >= 0.3 is 0 Å². The summed E-state index contributed by atoms with van der Waals surface area (Å²) < 4.78 is 0. The topological polar surface area (TPSA) is 17.1 Å². The van der Waals surface area contributed by atoms with E-state index in [2.05, 4.69) is 27.7 Å². The van der Waals surface area contributed by atoms with Gasteiger partial charge in [-0.3, -0.25) is 0 Å². The average Bonchev–Trinajstić information content (AvgIpc) is 2.32. The molecule has 0 aromatic rings. The fraction of sp³-hybridized carbons (Fsp3) is 0.900. The van der Waals surface area contributed by atoms with Gasteiger partial charge in [0.1, 0.15) is 0 Å². The Balaban J connectivity index is 2.81. The molecule has 1 aliphatic rings. The van der Waals surface area contributed by atoms with Crippen molar-refractivity contribution < 1.29 is 4.79 Å². The summed E-state index contributed by atoms with van der Waals surface area (Å²) in [5.74, 6) is 1.29. The molecule has 1 heterocycles. The monoisotopic (exact) mass is 166 g/mol. The second-order valence-corrected chi connectivity index (χ2v) is 4.76. The van der Waals surface area contributed by atoms with Gasteiger partial charge in [-0.05, 0) is 17.3 Å². The molecule has 0 aliphatic carbocycles. The fourth-order valence-electron chi connectivity index (χ4n) is 2.57. The van der Waals surface area contributed by atoms with E-state index in [-0.39, 0.29) is 0 Å². The molecule has 1 fully saturated rings. The quantitative estimate of drug-likeness (QED) is 0.574. The highest BCUT2D eigenvalue weighted by molar-refractivity contribution is 6.75. The third-order valence-corrected chi connectivity index (χ3v) is 3.70. The summed E-state index contributed by atoms with van der Waals surface area (Å²) in [4.78, 5) is 11.3. The first-order chi connectivity index (χ1) is 5.49. The summed E-state index contributed by atoms with van der Waals surface area (Å²) in [6, 6.07) is 0. The van der Waals surface area contributed by atoms with Crippen molar-refractivity contribution in [2.75, 3.05) is 0 Å². The number of carbonyl (C=O) groups is 1. The molecule has 0 radical (unpaired) electrons. The predicted molar refractivity (Wildman–Crippen MR) is 53.7 cm³/mol. The summed E-state index contributed by atoms with van der Waals surface area (Å²) in [6.45, 7) is 8.99. The molecule has 1 rings (SSSR count). The summed E-state index contributed by atoms with van der Waals surface area (Å²) >= 11 is 0. The summed E-state index contributed by atoms with van der Waals surface area (Å²) in [6.07, 6.45) is 1.93. The zero-order valence-corrected chi connectivity index (χ0v) is 8.68. The molecule has 1 saturated heterocycles. The van der Waals surface area contributed by atoms with E-state index >= 15 is 0 Å². The van der Waals surface area contributed by atoms with Crippen molar-refractivity contribution in [1.29, 1.82) is 0 Å². The van der Waals surface area contributed by atoms with Gasteiger partial charge in [-0.2, -0.15) is 0 Å². The van der Waals surface area contributed by atoms with E-state index in [1.807, 2.05) is 0 Å². The molecule has 2 heteroatoms. The normalized spacial score (nSPS) is 22.0. The second-order valence-electron chi connectivity index (χ2n) is 4.76. The second kappa shape index (κ2) is 3.23. The van der Waals surface area contributed by atoms with E-state index in [1.165, 1.54) is 0 Å².